The van der Waals surface area contributed by atoms with Crippen LogP contribution in [0.5, 0.6) is 0 Å². The second kappa shape index (κ2) is 6.00. The highest BCUT2D eigenvalue weighted by Crippen LogP contribution is 2.24. The molecular formula is C14H19N3O3. The van der Waals surface area contributed by atoms with Gasteiger partial charge in [-0.25, -0.2) is 4.98 Å². The molecule has 6 heteroatoms. The zero-order chi connectivity index (χ0) is 14.7. The van der Waals surface area contributed by atoms with Gasteiger partial charge in [-0.2, -0.15) is 0 Å². The SMILES string of the molecule is COCCNC(=O)c1cc(C(C)C)nc2onc(C)c12. The lowest BCUT2D eigenvalue weighted by atomic mass is 10.0. The van der Waals surface area contributed by atoms with Gasteiger partial charge in [0.2, 0.25) is 0 Å². The highest BCUT2D eigenvalue weighted by molar-refractivity contribution is 6.06. The van der Waals surface area contributed by atoms with Crippen molar-refractivity contribution < 1.29 is 14.1 Å². The van der Waals surface area contributed by atoms with Gasteiger partial charge in [-0.1, -0.05) is 19.0 Å². The molecule has 0 bridgehead atoms. The third-order valence-electron chi connectivity index (χ3n) is 3.06. The Morgan fingerprint density at radius 2 is 2.25 bits per heavy atom. The van der Waals surface area contributed by atoms with Crippen molar-refractivity contribution in [3.05, 3.63) is 23.0 Å². The Labute approximate surface area is 117 Å². The lowest BCUT2D eigenvalue weighted by Crippen LogP contribution is -2.27. The van der Waals surface area contributed by atoms with Crippen LogP contribution in [0.3, 0.4) is 0 Å². The van der Waals surface area contributed by atoms with Gasteiger partial charge in [-0.05, 0) is 18.9 Å². The van der Waals surface area contributed by atoms with E-state index in [1.54, 1.807) is 20.1 Å². The Morgan fingerprint density at radius 3 is 2.90 bits per heavy atom. The first-order valence-corrected chi connectivity index (χ1v) is 6.58. The van der Waals surface area contributed by atoms with E-state index < -0.39 is 0 Å². The number of hydrogen-bond acceptors (Lipinski definition) is 5. The van der Waals surface area contributed by atoms with Crippen molar-refractivity contribution >= 4 is 17.0 Å². The van der Waals surface area contributed by atoms with Crippen LogP contribution < -0.4 is 5.32 Å². The van der Waals surface area contributed by atoms with Gasteiger partial charge in [0.05, 0.1) is 23.3 Å². The van der Waals surface area contributed by atoms with Crippen LogP contribution in [0.25, 0.3) is 11.1 Å². The van der Waals surface area contributed by atoms with Crippen LogP contribution >= 0.6 is 0 Å². The lowest BCUT2D eigenvalue weighted by molar-refractivity contribution is 0.0938. The summed E-state index contributed by atoms with van der Waals surface area (Å²) in [6.45, 7) is 6.77. The number of amides is 1. The normalized spacial score (nSPS) is 11.2. The largest absolute Gasteiger partial charge is 0.383 e. The standard InChI is InChI=1S/C14H19N3O3/c1-8(2)11-7-10(13(18)15-5-6-19-4)12-9(3)17-20-14(12)16-11/h7-8H,5-6H2,1-4H3,(H,15,18). The van der Waals surface area contributed by atoms with Gasteiger partial charge in [0, 0.05) is 19.3 Å². The molecule has 0 fully saturated rings. The quantitative estimate of drug-likeness (QED) is 0.846. The molecule has 0 radical (unpaired) electrons. The van der Waals surface area contributed by atoms with Gasteiger partial charge in [0.15, 0.2) is 0 Å². The monoisotopic (exact) mass is 277 g/mol. The van der Waals surface area contributed by atoms with Gasteiger partial charge < -0.3 is 14.6 Å². The van der Waals surface area contributed by atoms with E-state index in [-0.39, 0.29) is 11.8 Å². The molecule has 2 aromatic heterocycles. The van der Waals surface area contributed by atoms with Crippen LogP contribution in [-0.4, -0.2) is 36.3 Å². The summed E-state index contributed by atoms with van der Waals surface area (Å²) < 4.78 is 10.1. The molecule has 6 nitrogen and oxygen atoms in total. The minimum absolute atomic E-state index is 0.164. The number of ether oxygens (including phenoxy) is 1. The highest BCUT2D eigenvalue weighted by atomic mass is 16.5. The Bertz CT molecular complexity index is 619. The van der Waals surface area contributed by atoms with Crippen LogP contribution in [0.15, 0.2) is 10.6 Å². The number of methoxy groups -OCH3 is 1. The van der Waals surface area contributed by atoms with E-state index in [1.807, 2.05) is 13.8 Å². The number of aromatic nitrogens is 2. The maximum Gasteiger partial charge on any atom is 0.259 e. The molecule has 0 saturated heterocycles. The van der Waals surface area contributed by atoms with Gasteiger partial charge in [-0.15, -0.1) is 0 Å². The van der Waals surface area contributed by atoms with Crippen LogP contribution in [0.4, 0.5) is 0 Å². The van der Waals surface area contributed by atoms with Gasteiger partial charge in [-0.3, -0.25) is 4.79 Å². The second-order valence-electron chi connectivity index (χ2n) is 4.95. The van der Waals surface area contributed by atoms with Crippen molar-refractivity contribution in [2.45, 2.75) is 26.7 Å². The first-order chi connectivity index (χ1) is 9.54. The van der Waals surface area contributed by atoms with E-state index >= 15 is 0 Å². The maximum atomic E-state index is 12.3. The van der Waals surface area contributed by atoms with Crippen LogP contribution in [0, 0.1) is 6.92 Å². The lowest BCUT2D eigenvalue weighted by Gasteiger charge is -2.09. The summed E-state index contributed by atoms with van der Waals surface area (Å²) in [5.41, 5.74) is 2.43. The molecule has 0 unspecified atom stereocenters. The van der Waals surface area contributed by atoms with Crippen LogP contribution in [0.2, 0.25) is 0 Å². The molecule has 1 amide bonds. The summed E-state index contributed by atoms with van der Waals surface area (Å²) in [7, 11) is 1.60. The van der Waals surface area contributed by atoms with Gasteiger partial charge in [0.25, 0.3) is 11.6 Å². The van der Waals surface area contributed by atoms with Crippen LogP contribution in [-0.2, 0) is 4.74 Å². The van der Waals surface area contributed by atoms with Crippen molar-refractivity contribution in [3.8, 4) is 0 Å². The Morgan fingerprint density at radius 1 is 1.50 bits per heavy atom. The topological polar surface area (TPSA) is 77.2 Å². The zero-order valence-electron chi connectivity index (χ0n) is 12.2. The second-order valence-corrected chi connectivity index (χ2v) is 4.95. The average molecular weight is 277 g/mol. The van der Waals surface area contributed by atoms with E-state index in [0.29, 0.717) is 35.5 Å². The number of rotatable bonds is 5. The Balaban J connectivity index is 2.43. The molecule has 2 aromatic rings. The molecule has 20 heavy (non-hydrogen) atoms. The molecule has 0 aliphatic rings. The Hall–Kier alpha value is -1.95. The van der Waals surface area contributed by atoms with Gasteiger partial charge >= 0.3 is 0 Å². The van der Waals surface area contributed by atoms with E-state index in [2.05, 4.69) is 15.5 Å². The summed E-state index contributed by atoms with van der Waals surface area (Å²) in [4.78, 5) is 16.7. The summed E-state index contributed by atoms with van der Waals surface area (Å²) in [5, 5.41) is 7.38. The number of nitrogens with one attached hydrogen (secondary N) is 1. The van der Waals surface area contributed by atoms with Crippen molar-refractivity contribution in [1.82, 2.24) is 15.5 Å². The maximum absolute atomic E-state index is 12.3. The number of fused-ring (bicyclic) bond motifs is 1. The summed E-state index contributed by atoms with van der Waals surface area (Å²) in [6, 6.07) is 1.80. The fourth-order valence-corrected chi connectivity index (χ4v) is 1.95. The third kappa shape index (κ3) is 2.80. The summed E-state index contributed by atoms with van der Waals surface area (Å²) in [6.07, 6.45) is 0. The number of pyridine rings is 1. The molecule has 0 aliphatic heterocycles. The molecule has 0 atom stereocenters. The van der Waals surface area contributed by atoms with Crippen molar-refractivity contribution in [2.24, 2.45) is 0 Å². The minimum Gasteiger partial charge on any atom is -0.383 e. The molecule has 0 spiro atoms. The predicted molar refractivity (Wildman–Crippen MR) is 74.8 cm³/mol. The number of carbonyl (C=O) groups excluding carboxylic acids is 1. The number of hydrogen-bond donors (Lipinski definition) is 1. The zero-order valence-corrected chi connectivity index (χ0v) is 12.2. The van der Waals surface area contributed by atoms with Crippen LogP contribution in [0.1, 0.15) is 41.5 Å². The van der Waals surface area contributed by atoms with E-state index in [0.717, 1.165) is 5.69 Å². The number of nitrogens with zero attached hydrogens (tertiary/aromatic N) is 2. The molecular weight excluding hydrogens is 258 g/mol. The van der Waals surface area contributed by atoms with E-state index in [9.17, 15) is 4.79 Å². The summed E-state index contributed by atoms with van der Waals surface area (Å²) >= 11 is 0. The average Bonchev–Trinajstić information content (AvgIpc) is 2.79. The molecule has 1 N–H and O–H groups in total. The number of aryl methyl sites for hydroxylation is 1. The molecule has 108 valence electrons. The fourth-order valence-electron chi connectivity index (χ4n) is 1.95. The molecule has 2 rings (SSSR count). The van der Waals surface area contributed by atoms with E-state index in [1.165, 1.54) is 0 Å². The van der Waals surface area contributed by atoms with Crippen molar-refractivity contribution in [3.63, 3.8) is 0 Å². The minimum atomic E-state index is -0.164. The number of carbonyl (C=O) groups is 1. The third-order valence-corrected chi connectivity index (χ3v) is 3.06. The predicted octanol–water partition coefficient (Wildman–Crippen LogP) is 2.03. The van der Waals surface area contributed by atoms with Gasteiger partial charge in [0.1, 0.15) is 0 Å². The fraction of sp³-hybridized carbons (Fsp3) is 0.500. The molecule has 0 saturated carbocycles. The smallest absolute Gasteiger partial charge is 0.259 e. The van der Waals surface area contributed by atoms with Crippen molar-refractivity contribution in [1.29, 1.82) is 0 Å². The molecule has 2 heterocycles. The summed E-state index contributed by atoms with van der Waals surface area (Å²) in [5.74, 6) is 0.0398. The van der Waals surface area contributed by atoms with E-state index in [4.69, 9.17) is 9.26 Å². The first kappa shape index (κ1) is 14.5. The molecule has 0 aromatic carbocycles. The highest BCUT2D eigenvalue weighted by Gasteiger charge is 2.19. The first-order valence-electron chi connectivity index (χ1n) is 6.58. The van der Waals surface area contributed by atoms with Crippen molar-refractivity contribution in [2.75, 3.05) is 20.3 Å². The molecule has 0 aliphatic carbocycles. The Kier molecular flexibility index (Phi) is 4.34.